The van der Waals surface area contributed by atoms with Crippen LogP contribution in [0.15, 0.2) is 24.3 Å². The number of rotatable bonds is 0. The summed E-state index contributed by atoms with van der Waals surface area (Å²) in [4.78, 5) is 0. The molecule has 0 aliphatic heterocycles. The van der Waals surface area contributed by atoms with E-state index in [0.29, 0.717) is 11.3 Å². The monoisotopic (exact) mass is 200 g/mol. The number of hydrogen-bond donors (Lipinski definition) is 2. The SMILES string of the molecule is CC1Cc2c1cc1cccc(O)c1c2O. The number of aromatic hydroxyl groups is 2. The van der Waals surface area contributed by atoms with Crippen molar-refractivity contribution in [1.29, 1.82) is 0 Å². The smallest absolute Gasteiger partial charge is 0.130 e. The standard InChI is InChI=1S/C13H12O2/c1-7-5-10-9(7)6-8-3-2-4-11(14)12(8)13(10)15/h2-4,6-7,14-15H,5H2,1H3. The van der Waals surface area contributed by atoms with Crippen molar-refractivity contribution in [2.24, 2.45) is 0 Å². The molecule has 0 saturated carbocycles. The summed E-state index contributed by atoms with van der Waals surface area (Å²) < 4.78 is 0. The molecule has 0 amide bonds. The largest absolute Gasteiger partial charge is 0.507 e. The van der Waals surface area contributed by atoms with Gasteiger partial charge in [-0.05, 0) is 34.9 Å². The summed E-state index contributed by atoms with van der Waals surface area (Å²) in [6.45, 7) is 2.15. The van der Waals surface area contributed by atoms with Gasteiger partial charge in [-0.25, -0.2) is 0 Å². The van der Waals surface area contributed by atoms with Gasteiger partial charge in [-0.2, -0.15) is 0 Å². The van der Waals surface area contributed by atoms with E-state index in [4.69, 9.17) is 0 Å². The van der Waals surface area contributed by atoms with Crippen LogP contribution < -0.4 is 0 Å². The summed E-state index contributed by atoms with van der Waals surface area (Å²) in [7, 11) is 0. The zero-order valence-electron chi connectivity index (χ0n) is 8.49. The zero-order valence-corrected chi connectivity index (χ0v) is 8.49. The van der Waals surface area contributed by atoms with E-state index in [9.17, 15) is 10.2 Å². The van der Waals surface area contributed by atoms with Crippen molar-refractivity contribution < 1.29 is 10.2 Å². The molecule has 0 fully saturated rings. The summed E-state index contributed by atoms with van der Waals surface area (Å²) >= 11 is 0. The number of fused-ring (bicyclic) bond motifs is 2. The van der Waals surface area contributed by atoms with Crippen molar-refractivity contribution in [2.45, 2.75) is 19.3 Å². The first-order valence-electron chi connectivity index (χ1n) is 5.15. The molecule has 0 saturated heterocycles. The molecule has 3 rings (SSSR count). The number of phenols is 2. The molecule has 0 bridgehead atoms. The molecule has 1 atom stereocenters. The first-order valence-corrected chi connectivity index (χ1v) is 5.15. The van der Waals surface area contributed by atoms with Crippen LogP contribution in [-0.2, 0) is 6.42 Å². The first-order chi connectivity index (χ1) is 7.18. The maximum atomic E-state index is 10.0. The Morgan fingerprint density at radius 3 is 2.80 bits per heavy atom. The molecule has 2 aromatic carbocycles. The van der Waals surface area contributed by atoms with Gasteiger partial charge < -0.3 is 10.2 Å². The predicted octanol–water partition coefficient (Wildman–Crippen LogP) is 2.91. The second-order valence-corrected chi connectivity index (χ2v) is 4.27. The van der Waals surface area contributed by atoms with Gasteiger partial charge in [0.2, 0.25) is 0 Å². The van der Waals surface area contributed by atoms with Gasteiger partial charge in [-0.3, -0.25) is 0 Å². The second kappa shape index (κ2) is 2.66. The van der Waals surface area contributed by atoms with Crippen LogP contribution in [0.25, 0.3) is 10.8 Å². The third kappa shape index (κ3) is 0.990. The Bertz CT molecular complexity index is 558. The minimum atomic E-state index is 0.160. The zero-order chi connectivity index (χ0) is 10.6. The van der Waals surface area contributed by atoms with Crippen molar-refractivity contribution in [3.63, 3.8) is 0 Å². The highest BCUT2D eigenvalue weighted by Gasteiger charge is 2.27. The first kappa shape index (κ1) is 8.60. The molecule has 1 aliphatic rings. The van der Waals surface area contributed by atoms with Crippen LogP contribution in [0, 0.1) is 0 Å². The van der Waals surface area contributed by atoms with Crippen LogP contribution in [0.5, 0.6) is 11.5 Å². The van der Waals surface area contributed by atoms with Crippen molar-refractivity contribution in [3.8, 4) is 11.5 Å². The molecule has 0 spiro atoms. The molecule has 2 aromatic rings. The fourth-order valence-electron chi connectivity index (χ4n) is 2.42. The molecule has 1 aliphatic carbocycles. The Hall–Kier alpha value is -1.70. The van der Waals surface area contributed by atoms with E-state index in [1.54, 1.807) is 12.1 Å². The molecule has 2 nitrogen and oxygen atoms in total. The molecule has 0 radical (unpaired) electrons. The number of hydrogen-bond acceptors (Lipinski definition) is 2. The Kier molecular flexibility index (Phi) is 1.52. The Morgan fingerprint density at radius 1 is 1.27 bits per heavy atom. The fraction of sp³-hybridized carbons (Fsp3) is 0.231. The Morgan fingerprint density at radius 2 is 2.07 bits per heavy atom. The summed E-state index contributed by atoms with van der Waals surface area (Å²) in [5, 5.41) is 21.2. The lowest BCUT2D eigenvalue weighted by molar-refractivity contribution is 0.451. The average molecular weight is 200 g/mol. The van der Waals surface area contributed by atoms with E-state index in [2.05, 4.69) is 13.0 Å². The lowest BCUT2D eigenvalue weighted by Crippen LogP contribution is -2.14. The predicted molar refractivity (Wildman–Crippen MR) is 59.4 cm³/mol. The number of phenolic OH excluding ortho intramolecular Hbond substituents is 2. The van der Waals surface area contributed by atoms with Crippen LogP contribution >= 0.6 is 0 Å². The van der Waals surface area contributed by atoms with Gasteiger partial charge in [0.25, 0.3) is 0 Å². The number of benzene rings is 2. The van der Waals surface area contributed by atoms with Gasteiger partial charge in [-0.1, -0.05) is 25.1 Å². The summed E-state index contributed by atoms with van der Waals surface area (Å²) in [6, 6.07) is 7.39. The van der Waals surface area contributed by atoms with E-state index < -0.39 is 0 Å². The van der Waals surface area contributed by atoms with Gasteiger partial charge in [0, 0.05) is 0 Å². The van der Waals surface area contributed by atoms with Crippen LogP contribution in [-0.4, -0.2) is 10.2 Å². The van der Waals surface area contributed by atoms with E-state index in [1.165, 1.54) is 5.56 Å². The Labute approximate surface area is 87.8 Å². The Balaban J connectivity index is 2.45. The quantitative estimate of drug-likeness (QED) is 0.686. The maximum absolute atomic E-state index is 10.0. The normalized spacial score (nSPS) is 18.6. The van der Waals surface area contributed by atoms with Gasteiger partial charge >= 0.3 is 0 Å². The second-order valence-electron chi connectivity index (χ2n) is 4.27. The van der Waals surface area contributed by atoms with Crippen molar-refractivity contribution in [2.75, 3.05) is 0 Å². The van der Waals surface area contributed by atoms with Gasteiger partial charge in [0.1, 0.15) is 11.5 Å². The van der Waals surface area contributed by atoms with Crippen molar-refractivity contribution >= 4 is 10.8 Å². The molecule has 0 aromatic heterocycles. The molecular formula is C13H12O2. The fourth-order valence-corrected chi connectivity index (χ4v) is 2.42. The topological polar surface area (TPSA) is 40.5 Å². The van der Waals surface area contributed by atoms with Gasteiger partial charge in [0.05, 0.1) is 5.39 Å². The maximum Gasteiger partial charge on any atom is 0.130 e. The van der Waals surface area contributed by atoms with E-state index in [-0.39, 0.29) is 11.5 Å². The van der Waals surface area contributed by atoms with Crippen molar-refractivity contribution in [1.82, 2.24) is 0 Å². The lowest BCUT2D eigenvalue weighted by atomic mass is 9.77. The average Bonchev–Trinajstić information content (AvgIpc) is 2.21. The van der Waals surface area contributed by atoms with Crippen LogP contribution in [0.4, 0.5) is 0 Å². The van der Waals surface area contributed by atoms with Gasteiger partial charge in [0.15, 0.2) is 0 Å². The lowest BCUT2D eigenvalue weighted by Gasteiger charge is -2.28. The summed E-state index contributed by atoms with van der Waals surface area (Å²) in [6.07, 6.45) is 0.908. The van der Waals surface area contributed by atoms with E-state index >= 15 is 0 Å². The molecule has 2 heteroatoms. The molecule has 76 valence electrons. The van der Waals surface area contributed by atoms with Crippen molar-refractivity contribution in [3.05, 3.63) is 35.4 Å². The highest BCUT2D eigenvalue weighted by atomic mass is 16.3. The molecule has 2 N–H and O–H groups in total. The minimum Gasteiger partial charge on any atom is -0.507 e. The molecule has 1 unspecified atom stereocenters. The van der Waals surface area contributed by atoms with E-state index in [1.807, 2.05) is 6.07 Å². The molecule has 0 heterocycles. The minimum absolute atomic E-state index is 0.160. The third-order valence-corrected chi connectivity index (χ3v) is 3.30. The third-order valence-electron chi connectivity index (χ3n) is 3.30. The molecule has 15 heavy (non-hydrogen) atoms. The summed E-state index contributed by atoms with van der Waals surface area (Å²) in [5.41, 5.74) is 2.21. The highest BCUT2D eigenvalue weighted by Crippen LogP contribution is 2.46. The highest BCUT2D eigenvalue weighted by molar-refractivity contribution is 5.96. The van der Waals surface area contributed by atoms with Crippen LogP contribution in [0.2, 0.25) is 0 Å². The van der Waals surface area contributed by atoms with Gasteiger partial charge in [-0.15, -0.1) is 0 Å². The van der Waals surface area contributed by atoms with Crippen LogP contribution in [0.3, 0.4) is 0 Å². The van der Waals surface area contributed by atoms with Crippen LogP contribution in [0.1, 0.15) is 24.0 Å². The summed E-state index contributed by atoms with van der Waals surface area (Å²) in [5.74, 6) is 0.948. The molecular weight excluding hydrogens is 188 g/mol. The van der Waals surface area contributed by atoms with E-state index in [0.717, 1.165) is 17.4 Å².